The van der Waals surface area contributed by atoms with Gasteiger partial charge < -0.3 is 5.73 Å². The molecule has 112 valence electrons. The first kappa shape index (κ1) is 15.8. The summed E-state index contributed by atoms with van der Waals surface area (Å²) in [5.74, 6) is 1.13. The summed E-state index contributed by atoms with van der Waals surface area (Å²) in [5.41, 5.74) is 6.85. The van der Waals surface area contributed by atoms with Crippen molar-refractivity contribution in [3.8, 4) is 0 Å². The zero-order chi connectivity index (χ0) is 14.8. The van der Waals surface area contributed by atoms with Crippen LogP contribution in [0.25, 0.3) is 0 Å². The lowest BCUT2D eigenvalue weighted by atomic mass is 9.71. The Morgan fingerprint density at radius 2 is 2.20 bits per heavy atom. The Bertz CT molecular complexity index is 440. The maximum atomic E-state index is 13.9. The second-order valence-electron chi connectivity index (χ2n) is 6.83. The number of hydrogen-bond donors (Lipinski definition) is 1. The Balaban J connectivity index is 2.10. The molecule has 1 aliphatic rings. The summed E-state index contributed by atoms with van der Waals surface area (Å²) in [7, 11) is 0. The fourth-order valence-corrected chi connectivity index (χ4v) is 3.83. The van der Waals surface area contributed by atoms with Gasteiger partial charge in [0.05, 0.1) is 0 Å². The van der Waals surface area contributed by atoms with Gasteiger partial charge in [0.25, 0.3) is 0 Å². The van der Waals surface area contributed by atoms with Crippen LogP contribution >= 0.6 is 11.6 Å². The first-order chi connectivity index (χ1) is 9.39. The SMILES string of the molecule is CC(C)CC1CCCC(N)(Cc2c(F)cccc2Cl)C1. The molecule has 0 aliphatic heterocycles. The van der Waals surface area contributed by atoms with E-state index in [1.165, 1.54) is 18.9 Å². The van der Waals surface area contributed by atoms with Gasteiger partial charge in [-0.15, -0.1) is 0 Å². The molecule has 0 aromatic heterocycles. The van der Waals surface area contributed by atoms with Crippen molar-refractivity contribution >= 4 is 11.6 Å². The zero-order valence-corrected chi connectivity index (χ0v) is 13.2. The Kier molecular flexibility index (Phi) is 5.09. The van der Waals surface area contributed by atoms with E-state index >= 15 is 0 Å². The van der Waals surface area contributed by atoms with Crippen molar-refractivity contribution < 1.29 is 4.39 Å². The molecule has 1 aliphatic carbocycles. The van der Waals surface area contributed by atoms with E-state index in [1.54, 1.807) is 12.1 Å². The monoisotopic (exact) mass is 297 g/mol. The van der Waals surface area contributed by atoms with Crippen LogP contribution in [-0.4, -0.2) is 5.54 Å². The summed E-state index contributed by atoms with van der Waals surface area (Å²) < 4.78 is 13.9. The average Bonchev–Trinajstić information content (AvgIpc) is 2.33. The molecule has 0 heterocycles. The molecule has 3 heteroatoms. The van der Waals surface area contributed by atoms with Gasteiger partial charge in [0.2, 0.25) is 0 Å². The van der Waals surface area contributed by atoms with Crippen molar-refractivity contribution in [1.82, 2.24) is 0 Å². The lowest BCUT2D eigenvalue weighted by Gasteiger charge is -2.39. The molecule has 2 N–H and O–H groups in total. The number of halogens is 2. The molecular weight excluding hydrogens is 273 g/mol. The van der Waals surface area contributed by atoms with Gasteiger partial charge in [-0.2, -0.15) is 0 Å². The largest absolute Gasteiger partial charge is 0.325 e. The minimum atomic E-state index is -0.302. The van der Waals surface area contributed by atoms with Crippen LogP contribution in [0.5, 0.6) is 0 Å². The smallest absolute Gasteiger partial charge is 0.127 e. The zero-order valence-electron chi connectivity index (χ0n) is 12.5. The van der Waals surface area contributed by atoms with Crippen molar-refractivity contribution in [2.24, 2.45) is 17.6 Å². The fraction of sp³-hybridized carbons (Fsp3) is 0.647. The van der Waals surface area contributed by atoms with Gasteiger partial charge in [0.15, 0.2) is 0 Å². The molecule has 1 fully saturated rings. The summed E-state index contributed by atoms with van der Waals surface area (Å²) in [6, 6.07) is 4.86. The molecule has 2 rings (SSSR count). The highest BCUT2D eigenvalue weighted by Crippen LogP contribution is 2.37. The van der Waals surface area contributed by atoms with Crippen molar-refractivity contribution in [1.29, 1.82) is 0 Å². The van der Waals surface area contributed by atoms with Gasteiger partial charge in [-0.25, -0.2) is 4.39 Å². The fourth-order valence-electron chi connectivity index (χ4n) is 3.60. The van der Waals surface area contributed by atoms with Crippen LogP contribution in [-0.2, 0) is 6.42 Å². The van der Waals surface area contributed by atoms with Gasteiger partial charge in [-0.3, -0.25) is 0 Å². The van der Waals surface area contributed by atoms with Crippen LogP contribution in [0.2, 0.25) is 5.02 Å². The Hall–Kier alpha value is -0.600. The number of nitrogens with two attached hydrogens (primary N) is 1. The highest BCUT2D eigenvalue weighted by molar-refractivity contribution is 6.31. The molecule has 1 nitrogen and oxygen atoms in total. The molecule has 1 saturated carbocycles. The van der Waals surface area contributed by atoms with Gasteiger partial charge in [-0.1, -0.05) is 44.4 Å². The Labute approximate surface area is 126 Å². The molecule has 0 radical (unpaired) electrons. The maximum Gasteiger partial charge on any atom is 0.127 e. The van der Waals surface area contributed by atoms with Crippen LogP contribution in [0.1, 0.15) is 51.5 Å². The maximum absolute atomic E-state index is 13.9. The molecule has 0 amide bonds. The quantitative estimate of drug-likeness (QED) is 0.835. The standard InChI is InChI=1S/C17H25ClFN/c1-12(2)9-13-5-4-8-17(20,10-13)11-14-15(18)6-3-7-16(14)19/h3,6-7,12-13H,4-5,8-11,20H2,1-2H3. The summed E-state index contributed by atoms with van der Waals surface area (Å²) in [4.78, 5) is 0. The van der Waals surface area contributed by atoms with E-state index in [-0.39, 0.29) is 11.4 Å². The third-order valence-electron chi connectivity index (χ3n) is 4.38. The summed E-state index contributed by atoms with van der Waals surface area (Å²) >= 11 is 6.14. The lowest BCUT2D eigenvalue weighted by Crippen LogP contribution is -2.46. The minimum Gasteiger partial charge on any atom is -0.325 e. The molecule has 0 spiro atoms. The number of hydrogen-bond acceptors (Lipinski definition) is 1. The van der Waals surface area contributed by atoms with E-state index in [9.17, 15) is 4.39 Å². The van der Waals surface area contributed by atoms with Crippen molar-refractivity contribution in [2.75, 3.05) is 0 Å². The lowest BCUT2D eigenvalue weighted by molar-refractivity contribution is 0.199. The van der Waals surface area contributed by atoms with Gasteiger partial charge >= 0.3 is 0 Å². The van der Waals surface area contributed by atoms with Crippen LogP contribution < -0.4 is 5.73 Å². The number of rotatable bonds is 4. The van der Waals surface area contributed by atoms with Crippen LogP contribution in [0.3, 0.4) is 0 Å². The minimum absolute atomic E-state index is 0.228. The Morgan fingerprint density at radius 3 is 2.85 bits per heavy atom. The van der Waals surface area contributed by atoms with E-state index < -0.39 is 0 Å². The van der Waals surface area contributed by atoms with Crippen molar-refractivity contribution in [2.45, 2.75) is 57.9 Å². The highest BCUT2D eigenvalue weighted by Gasteiger charge is 2.34. The topological polar surface area (TPSA) is 26.0 Å². The van der Waals surface area contributed by atoms with Crippen molar-refractivity contribution in [3.05, 3.63) is 34.6 Å². The normalized spacial score (nSPS) is 27.0. The predicted octanol–water partition coefficient (Wildman–Crippen LogP) is 4.96. The molecule has 0 bridgehead atoms. The van der Waals surface area contributed by atoms with Crippen LogP contribution in [0, 0.1) is 17.7 Å². The molecule has 1 aromatic carbocycles. The average molecular weight is 298 g/mol. The first-order valence-electron chi connectivity index (χ1n) is 7.61. The second kappa shape index (κ2) is 6.44. The van der Waals surface area contributed by atoms with Crippen molar-refractivity contribution in [3.63, 3.8) is 0 Å². The van der Waals surface area contributed by atoms with Gasteiger partial charge in [0, 0.05) is 16.1 Å². The van der Waals surface area contributed by atoms with E-state index in [1.807, 2.05) is 0 Å². The molecule has 1 aromatic rings. The van der Waals surface area contributed by atoms with E-state index in [0.29, 0.717) is 28.8 Å². The van der Waals surface area contributed by atoms with E-state index in [4.69, 9.17) is 17.3 Å². The second-order valence-corrected chi connectivity index (χ2v) is 7.24. The molecule has 0 saturated heterocycles. The van der Waals surface area contributed by atoms with Gasteiger partial charge in [0.1, 0.15) is 5.82 Å². The predicted molar refractivity (Wildman–Crippen MR) is 83.4 cm³/mol. The molecular formula is C17H25ClFN. The molecule has 2 atom stereocenters. The summed E-state index contributed by atoms with van der Waals surface area (Å²) in [6.45, 7) is 4.50. The first-order valence-corrected chi connectivity index (χ1v) is 7.99. The Morgan fingerprint density at radius 1 is 1.45 bits per heavy atom. The number of benzene rings is 1. The van der Waals surface area contributed by atoms with Crippen LogP contribution in [0.15, 0.2) is 18.2 Å². The van der Waals surface area contributed by atoms with E-state index in [2.05, 4.69) is 13.8 Å². The van der Waals surface area contributed by atoms with E-state index in [0.717, 1.165) is 19.3 Å². The highest BCUT2D eigenvalue weighted by atomic mass is 35.5. The third-order valence-corrected chi connectivity index (χ3v) is 4.73. The van der Waals surface area contributed by atoms with Crippen LogP contribution in [0.4, 0.5) is 4.39 Å². The van der Waals surface area contributed by atoms with Gasteiger partial charge in [-0.05, 0) is 49.7 Å². The molecule has 2 unspecified atom stereocenters. The summed E-state index contributed by atoms with van der Waals surface area (Å²) in [6.07, 6.45) is 6.10. The summed E-state index contributed by atoms with van der Waals surface area (Å²) in [5, 5.41) is 0.501. The third kappa shape index (κ3) is 3.95. The molecule has 20 heavy (non-hydrogen) atoms.